The van der Waals surface area contributed by atoms with E-state index in [1.807, 2.05) is 24.3 Å². The molecule has 1 saturated heterocycles. The molecule has 0 saturated carbocycles. The lowest BCUT2D eigenvalue weighted by Crippen LogP contribution is -2.42. The van der Waals surface area contributed by atoms with Gasteiger partial charge in [0, 0.05) is 44.4 Å². The van der Waals surface area contributed by atoms with Gasteiger partial charge in [-0.05, 0) is 12.1 Å². The maximum absolute atomic E-state index is 10.9. The third-order valence-electron chi connectivity index (χ3n) is 5.71. The van der Waals surface area contributed by atoms with Gasteiger partial charge in [0.05, 0.1) is 22.3 Å². The monoisotopic (exact) mass is 404 g/mol. The van der Waals surface area contributed by atoms with Gasteiger partial charge in [0.15, 0.2) is 23.0 Å². The summed E-state index contributed by atoms with van der Waals surface area (Å²) in [5.74, 6) is 1.74. The lowest BCUT2D eigenvalue weighted by molar-refractivity contribution is 0.171. The molecule has 2 N–H and O–H groups in total. The van der Waals surface area contributed by atoms with Crippen LogP contribution in [0.5, 0.6) is 17.2 Å². The highest BCUT2D eigenvalue weighted by atomic mass is 16.7. The zero-order chi connectivity index (χ0) is 20.1. The molecule has 30 heavy (non-hydrogen) atoms. The Labute approximate surface area is 172 Å². The molecular weight excluding hydrogens is 384 g/mol. The van der Waals surface area contributed by atoms with Gasteiger partial charge in [0.25, 0.3) is 0 Å². The van der Waals surface area contributed by atoms with Gasteiger partial charge in [-0.2, -0.15) is 0 Å². The minimum Gasteiger partial charge on any atom is -0.504 e. The lowest BCUT2D eigenvalue weighted by atomic mass is 10.1. The molecular formula is C22H20N4O4. The summed E-state index contributed by atoms with van der Waals surface area (Å²) in [5.41, 5.74) is 3.89. The Morgan fingerprint density at radius 1 is 1.13 bits per heavy atom. The standard InChI is InChI=1S/C22H20N4O4/c27-20-14-9-19-22(29-12-28-19)15(11-26-7-5-23-6-8-26)21(14)30-18(20)10-17-13-3-1-2-4-16(13)24-25-17/h1-4,9-10,23,27H,5-8,11-12H2. The van der Waals surface area contributed by atoms with Crippen LogP contribution in [-0.2, 0) is 6.54 Å². The molecule has 0 amide bonds. The second-order valence-corrected chi connectivity index (χ2v) is 7.55. The Hall–Kier alpha value is -3.36. The van der Waals surface area contributed by atoms with Crippen molar-refractivity contribution in [3.63, 3.8) is 0 Å². The molecule has 0 atom stereocenters. The van der Waals surface area contributed by atoms with Crippen LogP contribution in [0.4, 0.5) is 5.69 Å². The quantitative estimate of drug-likeness (QED) is 0.689. The first kappa shape index (κ1) is 17.5. The summed E-state index contributed by atoms with van der Waals surface area (Å²) in [5, 5.41) is 23.3. The van der Waals surface area contributed by atoms with Gasteiger partial charge in [-0.3, -0.25) is 4.90 Å². The van der Waals surface area contributed by atoms with Gasteiger partial charge in [0.1, 0.15) is 5.58 Å². The fourth-order valence-corrected chi connectivity index (χ4v) is 4.18. The molecule has 0 spiro atoms. The molecule has 152 valence electrons. The summed E-state index contributed by atoms with van der Waals surface area (Å²) >= 11 is 0. The van der Waals surface area contributed by atoms with Crippen LogP contribution >= 0.6 is 0 Å². The van der Waals surface area contributed by atoms with Gasteiger partial charge in [-0.1, -0.05) is 18.2 Å². The number of nitrogens with one attached hydrogen (secondary N) is 1. The van der Waals surface area contributed by atoms with E-state index in [2.05, 4.69) is 20.4 Å². The van der Waals surface area contributed by atoms with E-state index in [-0.39, 0.29) is 12.5 Å². The van der Waals surface area contributed by atoms with Crippen molar-refractivity contribution in [2.75, 3.05) is 33.0 Å². The fraction of sp³-hybridized carbons (Fsp3) is 0.273. The number of piperazine rings is 1. The summed E-state index contributed by atoms with van der Waals surface area (Å²) < 4.78 is 17.5. The number of azo groups is 1. The van der Waals surface area contributed by atoms with E-state index in [4.69, 9.17) is 13.9 Å². The Kier molecular flexibility index (Phi) is 4.00. The molecule has 4 heterocycles. The minimum atomic E-state index is 0.0666. The van der Waals surface area contributed by atoms with Crippen molar-refractivity contribution in [1.29, 1.82) is 0 Å². The van der Waals surface area contributed by atoms with Crippen molar-refractivity contribution in [2.24, 2.45) is 10.2 Å². The SMILES string of the molecule is Oc1c(C=C2N=Nc3ccccc32)oc2c(CN3CCNCC3)c3c(cc12)OCO3. The average molecular weight is 404 g/mol. The fourth-order valence-electron chi connectivity index (χ4n) is 4.18. The number of aromatic hydroxyl groups is 1. The number of furan rings is 1. The number of hydrogen-bond acceptors (Lipinski definition) is 8. The number of fused-ring (bicyclic) bond motifs is 3. The molecule has 2 aromatic carbocycles. The van der Waals surface area contributed by atoms with E-state index in [9.17, 15) is 5.11 Å². The Morgan fingerprint density at radius 2 is 2.00 bits per heavy atom. The van der Waals surface area contributed by atoms with Crippen LogP contribution in [0.3, 0.4) is 0 Å². The van der Waals surface area contributed by atoms with Crippen molar-refractivity contribution in [1.82, 2.24) is 10.2 Å². The summed E-state index contributed by atoms with van der Waals surface area (Å²) in [6, 6.07) is 9.50. The van der Waals surface area contributed by atoms with E-state index >= 15 is 0 Å². The first-order chi connectivity index (χ1) is 14.8. The predicted molar refractivity (Wildman–Crippen MR) is 111 cm³/mol. The maximum Gasteiger partial charge on any atom is 0.231 e. The van der Waals surface area contributed by atoms with Crippen LogP contribution < -0.4 is 14.8 Å². The topological polar surface area (TPSA) is 91.8 Å². The van der Waals surface area contributed by atoms with E-state index < -0.39 is 0 Å². The number of nitrogens with zero attached hydrogens (tertiary/aromatic N) is 3. The third-order valence-corrected chi connectivity index (χ3v) is 5.71. The minimum absolute atomic E-state index is 0.0666. The zero-order valence-electron chi connectivity index (χ0n) is 16.2. The molecule has 6 rings (SSSR count). The molecule has 8 nitrogen and oxygen atoms in total. The number of hydrogen-bond donors (Lipinski definition) is 2. The molecule has 0 unspecified atom stereocenters. The third kappa shape index (κ3) is 2.76. The molecule has 0 bridgehead atoms. The Morgan fingerprint density at radius 3 is 2.90 bits per heavy atom. The molecule has 3 aliphatic rings. The molecule has 3 aliphatic heterocycles. The van der Waals surface area contributed by atoms with Gasteiger partial charge in [0.2, 0.25) is 6.79 Å². The second kappa shape index (κ2) is 6.86. The van der Waals surface area contributed by atoms with Crippen molar-refractivity contribution in [3.05, 3.63) is 47.2 Å². The van der Waals surface area contributed by atoms with Gasteiger partial charge in [-0.25, -0.2) is 0 Å². The summed E-state index contributed by atoms with van der Waals surface area (Å²) in [7, 11) is 0. The van der Waals surface area contributed by atoms with Gasteiger partial charge in [-0.15, -0.1) is 10.2 Å². The highest BCUT2D eigenvalue weighted by molar-refractivity contribution is 5.96. The van der Waals surface area contributed by atoms with E-state index in [0.29, 0.717) is 40.5 Å². The van der Waals surface area contributed by atoms with Crippen molar-refractivity contribution >= 4 is 28.4 Å². The molecule has 1 fully saturated rings. The van der Waals surface area contributed by atoms with Crippen LogP contribution in [0.15, 0.2) is 45.0 Å². The van der Waals surface area contributed by atoms with Crippen LogP contribution in [-0.4, -0.2) is 43.0 Å². The van der Waals surface area contributed by atoms with Crippen molar-refractivity contribution in [2.45, 2.75) is 6.54 Å². The molecule has 0 aliphatic carbocycles. The number of ether oxygens (including phenoxy) is 2. The summed E-state index contributed by atoms with van der Waals surface area (Å²) in [6.45, 7) is 4.60. The van der Waals surface area contributed by atoms with E-state index in [1.165, 1.54) is 0 Å². The predicted octanol–water partition coefficient (Wildman–Crippen LogP) is 3.87. The van der Waals surface area contributed by atoms with Crippen LogP contribution in [0, 0.1) is 0 Å². The number of benzene rings is 2. The van der Waals surface area contributed by atoms with Crippen molar-refractivity contribution < 1.29 is 19.0 Å². The molecule has 1 aromatic heterocycles. The smallest absolute Gasteiger partial charge is 0.231 e. The molecule has 3 aromatic rings. The lowest BCUT2D eigenvalue weighted by Gasteiger charge is -2.27. The average Bonchev–Trinajstić information content (AvgIpc) is 3.48. The van der Waals surface area contributed by atoms with Crippen molar-refractivity contribution in [3.8, 4) is 17.2 Å². The van der Waals surface area contributed by atoms with E-state index in [0.717, 1.165) is 43.0 Å². The van der Waals surface area contributed by atoms with Gasteiger partial charge < -0.3 is 24.3 Å². The van der Waals surface area contributed by atoms with Gasteiger partial charge >= 0.3 is 0 Å². The highest BCUT2D eigenvalue weighted by Crippen LogP contribution is 2.47. The molecule has 0 radical (unpaired) electrons. The zero-order valence-corrected chi connectivity index (χ0v) is 16.2. The summed E-state index contributed by atoms with van der Waals surface area (Å²) in [6.07, 6.45) is 1.73. The van der Waals surface area contributed by atoms with Crippen LogP contribution in [0.2, 0.25) is 0 Å². The maximum atomic E-state index is 10.9. The Balaban J connectivity index is 1.47. The highest BCUT2D eigenvalue weighted by Gasteiger charge is 2.28. The largest absolute Gasteiger partial charge is 0.504 e. The Bertz CT molecular complexity index is 1210. The molecule has 8 heteroatoms. The first-order valence-electron chi connectivity index (χ1n) is 10.0. The normalized spacial score (nSPS) is 19.1. The second-order valence-electron chi connectivity index (χ2n) is 7.55. The number of rotatable bonds is 3. The summed E-state index contributed by atoms with van der Waals surface area (Å²) in [4.78, 5) is 2.34. The van der Waals surface area contributed by atoms with E-state index in [1.54, 1.807) is 12.1 Å². The first-order valence-corrected chi connectivity index (χ1v) is 10.0. The van der Waals surface area contributed by atoms with Crippen LogP contribution in [0.1, 0.15) is 16.9 Å². The van der Waals surface area contributed by atoms with Crippen LogP contribution in [0.25, 0.3) is 22.7 Å².